The summed E-state index contributed by atoms with van der Waals surface area (Å²) in [6.45, 7) is 2.85. The Morgan fingerprint density at radius 1 is 1.07 bits per heavy atom. The molecule has 1 N–H and O–H groups in total. The molecule has 2 aromatic rings. The minimum Gasteiger partial charge on any atom is -0.369 e. The second-order valence-electron chi connectivity index (χ2n) is 6.87. The van der Waals surface area contributed by atoms with E-state index >= 15 is 0 Å². The lowest BCUT2D eigenvalue weighted by molar-refractivity contribution is -0.137. The van der Waals surface area contributed by atoms with Crippen molar-refractivity contribution in [2.24, 2.45) is 0 Å². The number of nitriles is 1. The van der Waals surface area contributed by atoms with Gasteiger partial charge in [0.2, 0.25) is 5.91 Å². The van der Waals surface area contributed by atoms with E-state index in [9.17, 15) is 23.2 Å². The topological polar surface area (TPSA) is 59.4 Å². The Bertz CT molecular complexity index is 907. The molecule has 1 heterocycles. The van der Waals surface area contributed by atoms with E-state index in [1.54, 1.807) is 6.07 Å². The molecule has 0 saturated carbocycles. The maximum Gasteiger partial charge on any atom is 0.416 e. The van der Waals surface area contributed by atoms with Crippen LogP contribution in [0, 0.1) is 11.3 Å². The highest BCUT2D eigenvalue weighted by atomic mass is 19.4. The van der Waals surface area contributed by atoms with Gasteiger partial charge >= 0.3 is 6.18 Å². The molecule has 1 saturated heterocycles. The molecule has 0 aromatic heterocycles. The molecule has 0 radical (unpaired) electrons. The quantitative estimate of drug-likeness (QED) is 0.847. The number of anilines is 2. The van der Waals surface area contributed by atoms with Crippen molar-refractivity contribution in [2.45, 2.75) is 12.6 Å². The Labute approximate surface area is 167 Å². The van der Waals surface area contributed by atoms with Crippen LogP contribution in [0.2, 0.25) is 0 Å². The summed E-state index contributed by atoms with van der Waals surface area (Å²) >= 11 is 0. The summed E-state index contributed by atoms with van der Waals surface area (Å²) in [5.41, 5.74) is 0.828. The van der Waals surface area contributed by atoms with Crippen LogP contribution in [0.25, 0.3) is 0 Å². The van der Waals surface area contributed by atoms with E-state index in [1.165, 1.54) is 12.1 Å². The third-order valence-corrected chi connectivity index (χ3v) is 4.79. The fraction of sp³-hybridized carbons (Fsp3) is 0.333. The zero-order valence-corrected chi connectivity index (χ0v) is 15.7. The van der Waals surface area contributed by atoms with E-state index < -0.39 is 11.7 Å². The molecule has 5 nitrogen and oxygen atoms in total. The Hall–Kier alpha value is -3.05. The second kappa shape index (κ2) is 8.97. The van der Waals surface area contributed by atoms with Crippen molar-refractivity contribution in [1.82, 2.24) is 4.90 Å². The largest absolute Gasteiger partial charge is 0.416 e. The molecule has 1 amide bonds. The fourth-order valence-electron chi connectivity index (χ4n) is 3.39. The van der Waals surface area contributed by atoms with Gasteiger partial charge in [-0.3, -0.25) is 9.69 Å². The van der Waals surface area contributed by atoms with Gasteiger partial charge in [-0.05, 0) is 36.8 Å². The first kappa shape index (κ1) is 20.7. The fourth-order valence-corrected chi connectivity index (χ4v) is 3.39. The summed E-state index contributed by atoms with van der Waals surface area (Å²) in [6, 6.07) is 14.2. The number of hydrogen-bond acceptors (Lipinski definition) is 4. The number of nitrogens with zero attached hydrogens (tertiary/aromatic N) is 3. The molecule has 2 aromatic carbocycles. The number of nitrogens with one attached hydrogen (secondary N) is 1. The van der Waals surface area contributed by atoms with Gasteiger partial charge in [-0.25, -0.2) is 0 Å². The molecule has 1 fully saturated rings. The third-order valence-electron chi connectivity index (χ3n) is 4.79. The monoisotopic (exact) mass is 402 g/mol. The Morgan fingerprint density at radius 2 is 1.86 bits per heavy atom. The average Bonchev–Trinajstić information content (AvgIpc) is 2.93. The van der Waals surface area contributed by atoms with Crippen LogP contribution in [-0.2, 0) is 11.0 Å². The first-order valence-electron chi connectivity index (χ1n) is 9.30. The van der Waals surface area contributed by atoms with E-state index in [0.29, 0.717) is 25.2 Å². The van der Waals surface area contributed by atoms with Gasteiger partial charge in [0.25, 0.3) is 0 Å². The molecule has 8 heteroatoms. The zero-order valence-electron chi connectivity index (χ0n) is 15.7. The van der Waals surface area contributed by atoms with E-state index in [-0.39, 0.29) is 18.1 Å². The van der Waals surface area contributed by atoms with Crippen molar-refractivity contribution in [2.75, 3.05) is 42.9 Å². The van der Waals surface area contributed by atoms with Crippen LogP contribution in [0.1, 0.15) is 17.5 Å². The molecule has 1 aliphatic rings. The predicted octanol–water partition coefficient (Wildman–Crippen LogP) is 3.73. The van der Waals surface area contributed by atoms with Gasteiger partial charge in [-0.15, -0.1) is 0 Å². The van der Waals surface area contributed by atoms with Gasteiger partial charge in [0.15, 0.2) is 0 Å². The molecule has 152 valence electrons. The summed E-state index contributed by atoms with van der Waals surface area (Å²) in [6.07, 6.45) is -3.63. The van der Waals surface area contributed by atoms with Crippen molar-refractivity contribution in [3.8, 4) is 6.07 Å². The lowest BCUT2D eigenvalue weighted by Crippen LogP contribution is -2.36. The average molecular weight is 402 g/mol. The smallest absolute Gasteiger partial charge is 0.369 e. The first-order chi connectivity index (χ1) is 13.9. The van der Waals surface area contributed by atoms with Crippen LogP contribution in [0.5, 0.6) is 0 Å². The first-order valence-corrected chi connectivity index (χ1v) is 9.30. The van der Waals surface area contributed by atoms with Crippen molar-refractivity contribution < 1.29 is 18.0 Å². The molecular weight excluding hydrogens is 381 g/mol. The Kier molecular flexibility index (Phi) is 6.39. The summed E-state index contributed by atoms with van der Waals surface area (Å²) in [5, 5.41) is 11.8. The number of para-hydroxylation sites is 1. The van der Waals surface area contributed by atoms with Gasteiger partial charge in [-0.1, -0.05) is 18.2 Å². The molecule has 0 atom stereocenters. The number of hydrogen-bond donors (Lipinski definition) is 1. The van der Waals surface area contributed by atoms with Crippen LogP contribution in [0.3, 0.4) is 0 Å². The summed E-state index contributed by atoms with van der Waals surface area (Å²) < 4.78 is 38.4. The van der Waals surface area contributed by atoms with Gasteiger partial charge in [0, 0.05) is 31.9 Å². The van der Waals surface area contributed by atoms with E-state index in [0.717, 1.165) is 30.8 Å². The summed E-state index contributed by atoms with van der Waals surface area (Å²) in [7, 11) is 0. The number of amides is 1. The van der Waals surface area contributed by atoms with Gasteiger partial charge in [0.05, 0.1) is 23.4 Å². The van der Waals surface area contributed by atoms with E-state index in [2.05, 4.69) is 16.3 Å². The number of alkyl halides is 3. The lowest BCUT2D eigenvalue weighted by Gasteiger charge is -2.24. The van der Waals surface area contributed by atoms with Crippen molar-refractivity contribution >= 4 is 17.3 Å². The van der Waals surface area contributed by atoms with Crippen LogP contribution in [-0.4, -0.2) is 43.5 Å². The minimum atomic E-state index is -4.45. The molecule has 0 unspecified atom stereocenters. The number of benzene rings is 2. The van der Waals surface area contributed by atoms with Crippen LogP contribution >= 0.6 is 0 Å². The molecule has 29 heavy (non-hydrogen) atoms. The highest BCUT2D eigenvalue weighted by Crippen LogP contribution is 2.30. The van der Waals surface area contributed by atoms with Crippen LogP contribution in [0.4, 0.5) is 24.5 Å². The zero-order chi connectivity index (χ0) is 20.9. The van der Waals surface area contributed by atoms with Crippen LogP contribution < -0.4 is 10.2 Å². The lowest BCUT2D eigenvalue weighted by atomic mass is 10.1. The maximum atomic E-state index is 12.8. The highest BCUT2D eigenvalue weighted by molar-refractivity contribution is 5.92. The van der Waals surface area contributed by atoms with Gasteiger partial charge < -0.3 is 10.2 Å². The highest BCUT2D eigenvalue weighted by Gasteiger charge is 2.30. The van der Waals surface area contributed by atoms with Crippen LogP contribution in [0.15, 0.2) is 48.5 Å². The molecule has 0 aliphatic carbocycles. The second-order valence-corrected chi connectivity index (χ2v) is 6.87. The molecule has 0 bridgehead atoms. The van der Waals surface area contributed by atoms with Gasteiger partial charge in [-0.2, -0.15) is 18.4 Å². The Morgan fingerprint density at radius 3 is 2.62 bits per heavy atom. The van der Waals surface area contributed by atoms with Crippen molar-refractivity contribution in [3.05, 3.63) is 59.7 Å². The third kappa shape index (κ3) is 5.48. The maximum absolute atomic E-state index is 12.8. The molecule has 0 spiro atoms. The van der Waals surface area contributed by atoms with E-state index in [4.69, 9.17) is 0 Å². The molecular formula is C21H21F3N4O. The Balaban J connectivity index is 1.58. The summed E-state index contributed by atoms with van der Waals surface area (Å²) in [5.74, 6) is -0.352. The van der Waals surface area contributed by atoms with Crippen molar-refractivity contribution in [3.63, 3.8) is 0 Å². The van der Waals surface area contributed by atoms with Gasteiger partial charge in [0.1, 0.15) is 6.07 Å². The number of halogens is 3. The number of carbonyl (C=O) groups is 1. The molecule has 3 rings (SSSR count). The van der Waals surface area contributed by atoms with Crippen molar-refractivity contribution in [1.29, 1.82) is 5.26 Å². The predicted molar refractivity (Wildman–Crippen MR) is 105 cm³/mol. The normalized spacial score (nSPS) is 15.4. The minimum absolute atomic E-state index is 0.101. The number of carbonyl (C=O) groups excluding carboxylic acids is 1. The number of rotatable bonds is 4. The van der Waals surface area contributed by atoms with E-state index in [1.807, 2.05) is 23.1 Å². The standard InChI is InChI=1S/C21H21F3N4O/c22-21(23,24)17-6-3-7-18(13-17)26-20(29)15-27-9-4-10-28(12-11-27)19-8-2-1-5-16(19)14-25/h1-3,5-8,13H,4,9-12,15H2,(H,26,29). The summed E-state index contributed by atoms with van der Waals surface area (Å²) in [4.78, 5) is 16.4. The SMILES string of the molecule is N#Cc1ccccc1N1CCCN(CC(=O)Nc2cccc(C(F)(F)F)c2)CC1. The molecule has 1 aliphatic heterocycles.